The summed E-state index contributed by atoms with van der Waals surface area (Å²) >= 11 is 1.19. The number of carbonyl (C=O) groups is 2. The van der Waals surface area contributed by atoms with Gasteiger partial charge in [0.2, 0.25) is 18.6 Å². The van der Waals surface area contributed by atoms with Gasteiger partial charge in [0.05, 0.1) is 0 Å². The molecule has 2 amide bonds. The topological polar surface area (TPSA) is 115 Å². The van der Waals surface area contributed by atoms with Crippen molar-refractivity contribution in [2.45, 2.75) is 18.2 Å². The molecule has 2 aliphatic heterocycles. The normalized spacial score (nSPS) is 19.2. The molecular formula is C17H15N5O4S. The lowest BCUT2D eigenvalue weighted by atomic mass is 10.2. The highest BCUT2D eigenvalue weighted by atomic mass is 32.2. The maximum atomic E-state index is 12.2. The molecule has 1 unspecified atom stereocenters. The van der Waals surface area contributed by atoms with Crippen LogP contribution in [0, 0.1) is 0 Å². The first-order valence-corrected chi connectivity index (χ1v) is 9.04. The van der Waals surface area contributed by atoms with Crippen LogP contribution in [0.4, 0.5) is 5.95 Å². The highest BCUT2D eigenvalue weighted by Crippen LogP contribution is 2.32. The van der Waals surface area contributed by atoms with Crippen molar-refractivity contribution in [3.63, 3.8) is 0 Å². The average Bonchev–Trinajstić information content (AvgIpc) is 3.27. The fraction of sp³-hybridized carbons (Fsp3) is 0.235. The number of carbonyl (C=O) groups excluding carboxylic acids is 2. The molecule has 0 bridgehead atoms. The monoisotopic (exact) mass is 385 g/mol. The number of amidine groups is 1. The first kappa shape index (κ1) is 17.3. The minimum Gasteiger partial charge on any atom is -0.454 e. The molecule has 3 heterocycles. The van der Waals surface area contributed by atoms with Gasteiger partial charge in [0.15, 0.2) is 16.7 Å². The van der Waals surface area contributed by atoms with Gasteiger partial charge in [0.25, 0.3) is 5.95 Å². The van der Waals surface area contributed by atoms with E-state index < -0.39 is 5.25 Å². The van der Waals surface area contributed by atoms with Crippen molar-refractivity contribution in [1.29, 1.82) is 0 Å². The number of thioether (sulfide) groups is 1. The number of hydrogen-bond acceptors (Lipinski definition) is 8. The quantitative estimate of drug-likeness (QED) is 0.793. The van der Waals surface area contributed by atoms with Crippen molar-refractivity contribution in [3.8, 4) is 11.5 Å². The van der Waals surface area contributed by atoms with Crippen molar-refractivity contribution in [1.82, 2.24) is 20.6 Å². The third kappa shape index (κ3) is 4.17. The van der Waals surface area contributed by atoms with E-state index in [-0.39, 0.29) is 31.0 Å². The van der Waals surface area contributed by atoms with E-state index in [0.29, 0.717) is 23.2 Å². The Labute approximate surface area is 158 Å². The number of rotatable bonds is 5. The van der Waals surface area contributed by atoms with Gasteiger partial charge in [0.1, 0.15) is 5.25 Å². The Morgan fingerprint density at radius 3 is 2.96 bits per heavy atom. The molecule has 1 aromatic carbocycles. The summed E-state index contributed by atoms with van der Waals surface area (Å²) in [5.74, 6) is 1.13. The minimum absolute atomic E-state index is 0.0513. The molecule has 0 saturated carbocycles. The van der Waals surface area contributed by atoms with E-state index in [2.05, 4.69) is 25.6 Å². The Bertz CT molecular complexity index is 905. The molecule has 0 radical (unpaired) electrons. The summed E-state index contributed by atoms with van der Waals surface area (Å²) in [4.78, 5) is 36.4. The van der Waals surface area contributed by atoms with Gasteiger partial charge >= 0.3 is 0 Å². The fourth-order valence-electron chi connectivity index (χ4n) is 2.52. The van der Waals surface area contributed by atoms with E-state index in [4.69, 9.17) is 9.47 Å². The van der Waals surface area contributed by atoms with Crippen molar-refractivity contribution in [2.24, 2.45) is 4.99 Å². The molecule has 2 aliphatic rings. The van der Waals surface area contributed by atoms with E-state index >= 15 is 0 Å². The number of ether oxygens (including phenoxy) is 2. The third-order valence-corrected chi connectivity index (χ3v) is 4.91. The van der Waals surface area contributed by atoms with E-state index in [1.54, 1.807) is 24.5 Å². The van der Waals surface area contributed by atoms with Crippen LogP contribution < -0.4 is 20.1 Å². The Kier molecular flexibility index (Phi) is 4.88. The lowest BCUT2D eigenvalue weighted by Crippen LogP contribution is -2.31. The Balaban J connectivity index is 1.30. The smallest absolute Gasteiger partial charge is 0.251 e. The first-order valence-electron chi connectivity index (χ1n) is 8.16. The van der Waals surface area contributed by atoms with Gasteiger partial charge < -0.3 is 20.1 Å². The molecule has 9 nitrogen and oxygen atoms in total. The second-order valence-electron chi connectivity index (χ2n) is 5.73. The summed E-state index contributed by atoms with van der Waals surface area (Å²) in [6, 6.07) is 7.16. The van der Waals surface area contributed by atoms with Crippen molar-refractivity contribution >= 4 is 34.7 Å². The first-order chi connectivity index (χ1) is 13.2. The third-order valence-electron chi connectivity index (χ3n) is 3.83. The van der Waals surface area contributed by atoms with Crippen LogP contribution in [-0.2, 0) is 16.1 Å². The summed E-state index contributed by atoms with van der Waals surface area (Å²) in [6.45, 7) is 0.546. The molecule has 138 valence electrons. The summed E-state index contributed by atoms with van der Waals surface area (Å²) in [5, 5.41) is 5.30. The number of aliphatic imine (C=N–C) groups is 1. The van der Waals surface area contributed by atoms with Gasteiger partial charge in [-0.05, 0) is 23.8 Å². The summed E-state index contributed by atoms with van der Waals surface area (Å²) in [5.41, 5.74) is 0.889. The van der Waals surface area contributed by atoms with Crippen LogP contribution in [-0.4, -0.2) is 39.0 Å². The van der Waals surface area contributed by atoms with Gasteiger partial charge in [-0.2, -0.15) is 4.99 Å². The molecule has 1 atom stereocenters. The van der Waals surface area contributed by atoms with Crippen LogP contribution in [0.3, 0.4) is 0 Å². The molecule has 0 aliphatic carbocycles. The highest BCUT2D eigenvalue weighted by molar-refractivity contribution is 8.15. The molecule has 10 heteroatoms. The summed E-state index contributed by atoms with van der Waals surface area (Å²) in [7, 11) is 0. The van der Waals surface area contributed by atoms with Crippen molar-refractivity contribution in [3.05, 3.63) is 42.2 Å². The molecule has 2 N–H and O–H groups in total. The number of nitrogens with one attached hydrogen (secondary N) is 2. The van der Waals surface area contributed by atoms with Crippen LogP contribution in [0.1, 0.15) is 12.0 Å². The maximum Gasteiger partial charge on any atom is 0.251 e. The predicted octanol–water partition coefficient (Wildman–Crippen LogP) is 1.13. The van der Waals surface area contributed by atoms with Crippen LogP contribution in [0.2, 0.25) is 0 Å². The van der Waals surface area contributed by atoms with E-state index in [0.717, 1.165) is 5.56 Å². The van der Waals surface area contributed by atoms with Gasteiger partial charge in [-0.1, -0.05) is 17.8 Å². The Hall–Kier alpha value is -3.14. The molecule has 4 rings (SSSR count). The second-order valence-corrected chi connectivity index (χ2v) is 6.92. The zero-order chi connectivity index (χ0) is 18.6. The van der Waals surface area contributed by atoms with Crippen LogP contribution >= 0.6 is 11.8 Å². The minimum atomic E-state index is -0.538. The number of aromatic nitrogens is 2. The summed E-state index contributed by atoms with van der Waals surface area (Å²) < 4.78 is 10.6. The Morgan fingerprint density at radius 1 is 1.30 bits per heavy atom. The van der Waals surface area contributed by atoms with Crippen molar-refractivity contribution < 1.29 is 19.1 Å². The van der Waals surface area contributed by atoms with Gasteiger partial charge in [0, 0.05) is 25.4 Å². The van der Waals surface area contributed by atoms with Crippen LogP contribution in [0.15, 0.2) is 41.7 Å². The number of amides is 2. The molecule has 2 aromatic rings. The van der Waals surface area contributed by atoms with Crippen molar-refractivity contribution in [2.75, 3.05) is 6.79 Å². The van der Waals surface area contributed by atoms with Gasteiger partial charge in [-0.25, -0.2) is 9.97 Å². The van der Waals surface area contributed by atoms with E-state index in [9.17, 15) is 9.59 Å². The number of fused-ring (bicyclic) bond motifs is 1. The standard InChI is InChI=1S/C17H15N5O4S/c23-14(20-8-10-2-3-11-12(6-10)26-9-25-11)7-13-15(24)21-17(27-13)22-16-18-4-1-5-19-16/h1-6,13H,7-9H2,(H,20,23)(H,18,19,21,22,24). The summed E-state index contributed by atoms with van der Waals surface area (Å²) in [6.07, 6.45) is 3.18. The second kappa shape index (κ2) is 7.62. The lowest BCUT2D eigenvalue weighted by Gasteiger charge is -2.08. The van der Waals surface area contributed by atoms with Crippen LogP contribution in [0.25, 0.3) is 0 Å². The van der Waals surface area contributed by atoms with Gasteiger partial charge in [-0.15, -0.1) is 0 Å². The molecular weight excluding hydrogens is 370 g/mol. The SMILES string of the molecule is O=C(CC1S/C(=N\c2ncccn2)NC1=O)NCc1ccc2c(c1)OCO2. The molecule has 1 fully saturated rings. The molecule has 1 saturated heterocycles. The number of hydrogen-bond donors (Lipinski definition) is 2. The Morgan fingerprint density at radius 2 is 2.11 bits per heavy atom. The zero-order valence-electron chi connectivity index (χ0n) is 14.0. The van der Waals surface area contributed by atoms with Crippen LogP contribution in [0.5, 0.6) is 11.5 Å². The highest BCUT2D eigenvalue weighted by Gasteiger charge is 2.32. The number of nitrogens with zero attached hydrogens (tertiary/aromatic N) is 3. The largest absolute Gasteiger partial charge is 0.454 e. The molecule has 0 spiro atoms. The fourth-order valence-corrected chi connectivity index (χ4v) is 3.49. The molecule has 1 aromatic heterocycles. The molecule has 27 heavy (non-hydrogen) atoms. The van der Waals surface area contributed by atoms with Gasteiger partial charge in [-0.3, -0.25) is 9.59 Å². The lowest BCUT2D eigenvalue weighted by molar-refractivity contribution is -0.125. The predicted molar refractivity (Wildman–Crippen MR) is 97.7 cm³/mol. The zero-order valence-corrected chi connectivity index (χ0v) is 14.9. The van der Waals surface area contributed by atoms with E-state index in [1.807, 2.05) is 12.1 Å². The number of benzene rings is 1. The average molecular weight is 385 g/mol. The van der Waals surface area contributed by atoms with E-state index in [1.165, 1.54) is 11.8 Å². The maximum absolute atomic E-state index is 12.2.